The van der Waals surface area contributed by atoms with Crippen molar-refractivity contribution in [2.24, 2.45) is 0 Å². The van der Waals surface area contributed by atoms with Crippen LogP contribution in [0.1, 0.15) is 58.5 Å². The minimum absolute atomic E-state index is 0.0735. The monoisotopic (exact) mass is 501 g/mol. The molecule has 0 spiro atoms. The number of phenolic OH excluding ortho intramolecular Hbond substituents is 1. The van der Waals surface area contributed by atoms with Crippen LogP contribution in [-0.4, -0.2) is 32.7 Å². The lowest BCUT2D eigenvalue weighted by molar-refractivity contribution is 0.0741. The van der Waals surface area contributed by atoms with Gasteiger partial charge in [0.05, 0.1) is 6.04 Å². The number of benzene rings is 3. The lowest BCUT2D eigenvalue weighted by Crippen LogP contribution is -2.30. The van der Waals surface area contributed by atoms with Crippen LogP contribution in [0.2, 0.25) is 5.02 Å². The molecule has 0 saturated carbocycles. The molecule has 0 aliphatic carbocycles. The average Bonchev–Trinajstić information content (AvgIpc) is 3.43. The standard InChI is InChI=1S/C29H28ClN3O3/c1-3-4-13-33-28(20-11-8-12-21(15-20)36-17-19-9-6-5-7-10-19)25-26(31-32-27(25)29(33)35)22-16-23(30)18(2)14-24(22)34/h5-12,14-16,28,34H,3-4,13,17H2,1-2H3,(H,31,32). The number of nitrogens with zero attached hydrogens (tertiary/aromatic N) is 2. The molecule has 0 saturated heterocycles. The zero-order valence-corrected chi connectivity index (χ0v) is 21.0. The average molecular weight is 502 g/mol. The van der Waals surface area contributed by atoms with Crippen molar-refractivity contribution < 1.29 is 14.6 Å². The number of carbonyl (C=O) groups excluding carboxylic acids is 1. The van der Waals surface area contributed by atoms with Crippen LogP contribution in [0, 0.1) is 6.92 Å². The van der Waals surface area contributed by atoms with Crippen LogP contribution in [-0.2, 0) is 6.61 Å². The Hall–Kier alpha value is -3.77. The number of hydrogen-bond donors (Lipinski definition) is 2. The van der Waals surface area contributed by atoms with Crippen molar-refractivity contribution in [1.82, 2.24) is 15.1 Å². The molecule has 0 bridgehead atoms. The third-order valence-electron chi connectivity index (χ3n) is 6.57. The van der Waals surface area contributed by atoms with Crippen LogP contribution in [0.25, 0.3) is 11.3 Å². The highest BCUT2D eigenvalue weighted by Gasteiger charge is 2.42. The van der Waals surface area contributed by atoms with E-state index in [0.29, 0.717) is 35.1 Å². The van der Waals surface area contributed by atoms with Gasteiger partial charge in [0.2, 0.25) is 0 Å². The molecule has 0 radical (unpaired) electrons. The van der Waals surface area contributed by atoms with Gasteiger partial charge < -0.3 is 14.7 Å². The van der Waals surface area contributed by atoms with E-state index < -0.39 is 0 Å². The second kappa shape index (κ2) is 10.1. The Labute approximate surface area is 215 Å². The number of unbranched alkanes of at least 4 members (excludes halogenated alkanes) is 1. The molecule has 7 heteroatoms. The Balaban J connectivity index is 1.56. The summed E-state index contributed by atoms with van der Waals surface area (Å²) in [7, 11) is 0. The van der Waals surface area contributed by atoms with Crippen LogP contribution in [0.15, 0.2) is 66.7 Å². The number of fused-ring (bicyclic) bond motifs is 1. The van der Waals surface area contributed by atoms with E-state index >= 15 is 0 Å². The highest BCUT2D eigenvalue weighted by Crippen LogP contribution is 2.45. The number of hydrogen-bond acceptors (Lipinski definition) is 4. The van der Waals surface area contributed by atoms with Gasteiger partial charge in [-0.1, -0.05) is 67.4 Å². The van der Waals surface area contributed by atoms with Gasteiger partial charge in [-0.25, -0.2) is 0 Å². The largest absolute Gasteiger partial charge is 0.507 e. The molecule has 0 fully saturated rings. The SMILES string of the molecule is CCCCN1C(=O)c2[nH]nc(-c3cc(Cl)c(C)cc3O)c2C1c1cccc(OCc2ccccc2)c1. The molecule has 1 aromatic heterocycles. The first kappa shape index (κ1) is 23.9. The highest BCUT2D eigenvalue weighted by atomic mass is 35.5. The fourth-order valence-corrected chi connectivity index (χ4v) is 4.84. The number of ether oxygens (including phenoxy) is 1. The van der Waals surface area contributed by atoms with Crippen LogP contribution < -0.4 is 4.74 Å². The summed E-state index contributed by atoms with van der Waals surface area (Å²) in [5.41, 5.74) is 4.97. The van der Waals surface area contributed by atoms with Crippen LogP contribution in [0.3, 0.4) is 0 Å². The zero-order chi connectivity index (χ0) is 25.2. The van der Waals surface area contributed by atoms with Crippen molar-refractivity contribution in [3.8, 4) is 22.8 Å². The molecule has 1 unspecified atom stereocenters. The van der Waals surface area contributed by atoms with Crippen molar-refractivity contribution in [3.05, 3.63) is 99.7 Å². The molecule has 5 rings (SSSR count). The molecule has 1 aliphatic heterocycles. The van der Waals surface area contributed by atoms with Crippen LogP contribution >= 0.6 is 11.6 Å². The molecule has 36 heavy (non-hydrogen) atoms. The molecule has 4 aromatic rings. The maximum absolute atomic E-state index is 13.5. The number of halogens is 1. The number of aromatic amines is 1. The van der Waals surface area contributed by atoms with E-state index in [4.69, 9.17) is 16.3 Å². The summed E-state index contributed by atoms with van der Waals surface area (Å²) in [4.78, 5) is 15.3. The number of aryl methyl sites for hydroxylation is 1. The summed E-state index contributed by atoms with van der Waals surface area (Å²) in [5, 5.41) is 18.7. The van der Waals surface area contributed by atoms with Crippen molar-refractivity contribution in [2.75, 3.05) is 6.54 Å². The summed E-state index contributed by atoms with van der Waals surface area (Å²) in [5.74, 6) is 0.693. The van der Waals surface area contributed by atoms with Crippen LogP contribution in [0.4, 0.5) is 0 Å². The van der Waals surface area contributed by atoms with Gasteiger partial charge in [-0.05, 0) is 54.3 Å². The van der Waals surface area contributed by atoms with Gasteiger partial charge in [0.1, 0.15) is 29.5 Å². The maximum Gasteiger partial charge on any atom is 0.273 e. The van der Waals surface area contributed by atoms with Gasteiger partial charge in [0, 0.05) is 22.7 Å². The summed E-state index contributed by atoms with van der Waals surface area (Å²) in [6.45, 7) is 5.00. The number of carbonyl (C=O) groups is 1. The zero-order valence-electron chi connectivity index (χ0n) is 20.3. The lowest BCUT2D eigenvalue weighted by atomic mass is 9.95. The van der Waals surface area contributed by atoms with Gasteiger partial charge in [-0.15, -0.1) is 0 Å². The first-order valence-corrected chi connectivity index (χ1v) is 12.5. The van der Waals surface area contributed by atoms with E-state index in [1.807, 2.05) is 66.4 Å². The summed E-state index contributed by atoms with van der Waals surface area (Å²) in [6.07, 6.45) is 1.84. The molecule has 1 amide bonds. The maximum atomic E-state index is 13.5. The Kier molecular flexibility index (Phi) is 6.70. The van der Waals surface area contributed by atoms with E-state index in [2.05, 4.69) is 17.1 Å². The number of aromatic nitrogens is 2. The topological polar surface area (TPSA) is 78.5 Å². The first-order valence-electron chi connectivity index (χ1n) is 12.1. The van der Waals surface area contributed by atoms with E-state index in [-0.39, 0.29) is 17.7 Å². The van der Waals surface area contributed by atoms with E-state index in [9.17, 15) is 9.90 Å². The minimum Gasteiger partial charge on any atom is -0.507 e. The van der Waals surface area contributed by atoms with Gasteiger partial charge in [-0.3, -0.25) is 9.89 Å². The fourth-order valence-electron chi connectivity index (χ4n) is 4.68. The van der Waals surface area contributed by atoms with Gasteiger partial charge in [0.25, 0.3) is 5.91 Å². The molecule has 6 nitrogen and oxygen atoms in total. The third-order valence-corrected chi connectivity index (χ3v) is 6.98. The van der Waals surface area contributed by atoms with Crippen molar-refractivity contribution in [1.29, 1.82) is 0 Å². The number of rotatable bonds is 8. The summed E-state index contributed by atoms with van der Waals surface area (Å²) in [6, 6.07) is 20.8. The predicted octanol–water partition coefficient (Wildman–Crippen LogP) is 6.67. The van der Waals surface area contributed by atoms with Gasteiger partial charge >= 0.3 is 0 Å². The number of aromatic hydroxyl groups is 1. The van der Waals surface area contributed by atoms with E-state index in [1.165, 1.54) is 0 Å². The minimum atomic E-state index is -0.368. The molecular formula is C29H28ClN3O3. The normalized spacial score (nSPS) is 14.8. The molecule has 1 atom stereocenters. The van der Waals surface area contributed by atoms with Crippen molar-refractivity contribution in [2.45, 2.75) is 39.3 Å². The first-order chi connectivity index (χ1) is 17.5. The second-order valence-corrected chi connectivity index (χ2v) is 9.49. The predicted molar refractivity (Wildman–Crippen MR) is 140 cm³/mol. The fraction of sp³-hybridized carbons (Fsp3) is 0.241. The Bertz CT molecular complexity index is 1400. The van der Waals surface area contributed by atoms with Crippen molar-refractivity contribution in [3.63, 3.8) is 0 Å². The summed E-state index contributed by atoms with van der Waals surface area (Å²) >= 11 is 6.40. The van der Waals surface area contributed by atoms with Crippen molar-refractivity contribution >= 4 is 17.5 Å². The Morgan fingerprint density at radius 3 is 2.69 bits per heavy atom. The number of amides is 1. The Morgan fingerprint density at radius 2 is 1.92 bits per heavy atom. The third kappa shape index (κ3) is 4.44. The van der Waals surface area contributed by atoms with Crippen LogP contribution in [0.5, 0.6) is 11.5 Å². The molecule has 2 heterocycles. The lowest BCUT2D eigenvalue weighted by Gasteiger charge is -2.26. The molecule has 2 N–H and O–H groups in total. The molecular weight excluding hydrogens is 474 g/mol. The molecule has 1 aliphatic rings. The molecule has 184 valence electrons. The number of phenols is 1. The van der Waals surface area contributed by atoms with Gasteiger partial charge in [-0.2, -0.15) is 5.10 Å². The second-order valence-electron chi connectivity index (χ2n) is 9.08. The Morgan fingerprint density at radius 1 is 1.11 bits per heavy atom. The van der Waals surface area contributed by atoms with Gasteiger partial charge in [0.15, 0.2) is 0 Å². The molecule has 3 aromatic carbocycles. The summed E-state index contributed by atoms with van der Waals surface area (Å²) < 4.78 is 6.08. The number of nitrogens with one attached hydrogen (secondary N) is 1. The van der Waals surface area contributed by atoms with E-state index in [1.54, 1.807) is 12.1 Å². The van der Waals surface area contributed by atoms with E-state index in [0.717, 1.165) is 40.8 Å². The number of H-pyrrole nitrogens is 1. The highest BCUT2D eigenvalue weighted by molar-refractivity contribution is 6.31. The smallest absolute Gasteiger partial charge is 0.273 e. The quantitative estimate of drug-likeness (QED) is 0.282.